The molecule has 0 spiro atoms. The summed E-state index contributed by atoms with van der Waals surface area (Å²) >= 11 is 0. The fraction of sp³-hybridized carbons (Fsp3) is 0.656. The smallest absolute Gasteiger partial charge is 0.306 e. The molecule has 0 heterocycles. The second-order valence-corrected chi connectivity index (χ2v) is 23.4. The molecule has 8 nitrogen and oxygen atoms in total. The number of ether oxygens (including phenoxy) is 5. The molecule has 396 valence electrons. The summed E-state index contributed by atoms with van der Waals surface area (Å²) in [7, 11) is 3.31. The maximum atomic E-state index is 12.9. The van der Waals surface area contributed by atoms with E-state index in [1.54, 1.807) is 19.8 Å². The van der Waals surface area contributed by atoms with Crippen molar-refractivity contribution in [1.29, 1.82) is 0 Å². The molecule has 5 unspecified atom stereocenters. The zero-order valence-electron chi connectivity index (χ0n) is 45.5. The lowest BCUT2D eigenvalue weighted by atomic mass is 9.47. The number of hydrogen-bond donors (Lipinski definition) is 1. The molecule has 4 aliphatic rings. The lowest BCUT2D eigenvalue weighted by Gasteiger charge is -2.58. The third-order valence-electron chi connectivity index (χ3n) is 18.6. The molecule has 3 fully saturated rings. The van der Waals surface area contributed by atoms with Crippen molar-refractivity contribution in [2.75, 3.05) is 27.4 Å². The van der Waals surface area contributed by atoms with Crippen molar-refractivity contribution >= 4 is 11.9 Å². The van der Waals surface area contributed by atoms with Crippen LogP contribution in [0.4, 0.5) is 0 Å². The van der Waals surface area contributed by atoms with Gasteiger partial charge in [0.1, 0.15) is 23.2 Å². The van der Waals surface area contributed by atoms with Gasteiger partial charge in [-0.3, -0.25) is 9.59 Å². The molecule has 7 rings (SSSR count). The molecule has 9 atom stereocenters. The first-order valence-electron chi connectivity index (χ1n) is 28.5. The minimum absolute atomic E-state index is 0.153. The highest BCUT2D eigenvalue weighted by atomic mass is 16.5. The van der Waals surface area contributed by atoms with Gasteiger partial charge < -0.3 is 28.8 Å². The molecular weight excluding hydrogens is 897 g/mol. The monoisotopic (exact) mass is 989 g/mol. The number of carbonyl (C=O) groups excluding carboxylic acids is 1. The summed E-state index contributed by atoms with van der Waals surface area (Å²) in [6.45, 7) is 13.9. The van der Waals surface area contributed by atoms with Crippen LogP contribution in [-0.4, -0.2) is 56.7 Å². The molecule has 0 amide bonds. The average molecular weight is 989 g/mol. The van der Waals surface area contributed by atoms with Gasteiger partial charge in [0.2, 0.25) is 0 Å². The summed E-state index contributed by atoms with van der Waals surface area (Å²) in [5.41, 5.74) is 4.47. The number of fused-ring (bicyclic) bond motifs is 5. The Morgan fingerprint density at radius 1 is 0.667 bits per heavy atom. The third kappa shape index (κ3) is 13.6. The number of methoxy groups -OCH3 is 2. The Morgan fingerprint density at radius 3 is 1.94 bits per heavy atom. The Hall–Kier alpha value is -4.14. The maximum Gasteiger partial charge on any atom is 0.306 e. The summed E-state index contributed by atoms with van der Waals surface area (Å²) < 4.78 is 30.7. The zero-order valence-corrected chi connectivity index (χ0v) is 45.5. The van der Waals surface area contributed by atoms with Crippen LogP contribution < -0.4 is 9.47 Å². The van der Waals surface area contributed by atoms with Gasteiger partial charge in [-0.15, -0.1) is 0 Å². The number of carbonyl (C=O) groups is 2. The van der Waals surface area contributed by atoms with Crippen LogP contribution in [0.25, 0.3) is 0 Å². The Morgan fingerprint density at radius 2 is 1.31 bits per heavy atom. The average Bonchev–Trinajstić information content (AvgIpc) is 3.75. The summed E-state index contributed by atoms with van der Waals surface area (Å²) in [5.74, 6) is 5.23. The predicted octanol–water partition coefficient (Wildman–Crippen LogP) is 15.7. The number of benzene rings is 3. The molecule has 3 aromatic carbocycles. The third-order valence-corrected chi connectivity index (χ3v) is 18.6. The lowest BCUT2D eigenvalue weighted by Crippen LogP contribution is -2.51. The van der Waals surface area contributed by atoms with Gasteiger partial charge in [0.15, 0.2) is 0 Å². The molecular formula is C64H92O8. The van der Waals surface area contributed by atoms with E-state index in [2.05, 4.69) is 52.8 Å². The van der Waals surface area contributed by atoms with Crippen molar-refractivity contribution in [3.8, 4) is 11.5 Å². The van der Waals surface area contributed by atoms with Crippen LogP contribution in [0.5, 0.6) is 11.5 Å². The molecule has 0 saturated heterocycles. The van der Waals surface area contributed by atoms with E-state index in [9.17, 15) is 14.7 Å². The number of hydrogen-bond acceptors (Lipinski definition) is 7. The Balaban J connectivity index is 0.851. The van der Waals surface area contributed by atoms with Crippen LogP contribution in [0.15, 0.2) is 90.5 Å². The summed E-state index contributed by atoms with van der Waals surface area (Å²) in [6, 6.07) is 26.1. The summed E-state index contributed by atoms with van der Waals surface area (Å²) in [6.07, 6.45) is 26.1. The van der Waals surface area contributed by atoms with Crippen molar-refractivity contribution in [2.45, 2.75) is 194 Å². The Bertz CT molecular complexity index is 2100. The van der Waals surface area contributed by atoms with Gasteiger partial charge in [-0.25, -0.2) is 0 Å². The Kier molecular flexibility index (Phi) is 20.4. The quantitative estimate of drug-likeness (QED) is 0.0318. The lowest BCUT2D eigenvalue weighted by molar-refractivity contribution is -0.153. The molecule has 3 saturated carbocycles. The number of rotatable bonds is 29. The maximum absolute atomic E-state index is 12.9. The minimum Gasteiger partial charge on any atom is -0.497 e. The van der Waals surface area contributed by atoms with Crippen LogP contribution >= 0.6 is 0 Å². The fourth-order valence-corrected chi connectivity index (χ4v) is 14.5. The van der Waals surface area contributed by atoms with Crippen LogP contribution in [0, 0.1) is 46.3 Å². The van der Waals surface area contributed by atoms with E-state index in [1.807, 2.05) is 66.7 Å². The topological polar surface area (TPSA) is 101 Å². The minimum atomic E-state index is -1.01. The molecule has 4 aliphatic carbocycles. The number of aliphatic carboxylic acids is 1. The van der Waals surface area contributed by atoms with E-state index in [0.717, 1.165) is 102 Å². The first-order chi connectivity index (χ1) is 34.8. The molecule has 72 heavy (non-hydrogen) atoms. The van der Waals surface area contributed by atoms with E-state index in [-0.39, 0.29) is 12.8 Å². The van der Waals surface area contributed by atoms with Gasteiger partial charge in [-0.05, 0) is 158 Å². The summed E-state index contributed by atoms with van der Waals surface area (Å²) in [4.78, 5) is 24.2. The molecule has 0 aliphatic heterocycles. The number of carboxylic acid groups (broad SMARTS) is 1. The number of esters is 1. The van der Waals surface area contributed by atoms with E-state index in [1.165, 1.54) is 83.5 Å². The fourth-order valence-electron chi connectivity index (χ4n) is 14.5. The van der Waals surface area contributed by atoms with Crippen LogP contribution in [0.3, 0.4) is 0 Å². The first kappa shape index (κ1) is 55.6. The van der Waals surface area contributed by atoms with E-state index >= 15 is 0 Å². The van der Waals surface area contributed by atoms with E-state index < -0.39 is 23.6 Å². The van der Waals surface area contributed by atoms with E-state index in [4.69, 9.17) is 23.7 Å². The van der Waals surface area contributed by atoms with E-state index in [0.29, 0.717) is 36.4 Å². The van der Waals surface area contributed by atoms with Crippen molar-refractivity contribution in [3.63, 3.8) is 0 Å². The predicted molar refractivity (Wildman–Crippen MR) is 289 cm³/mol. The highest BCUT2D eigenvalue weighted by Gasteiger charge is 2.59. The number of unbranched alkanes of at least 4 members (excludes halogenated alkanes) is 6. The number of carboxylic acids is 1. The van der Waals surface area contributed by atoms with Crippen LogP contribution in [0.1, 0.15) is 193 Å². The molecule has 0 radical (unpaired) electrons. The normalized spacial score (nSPS) is 25.7. The molecule has 0 bridgehead atoms. The largest absolute Gasteiger partial charge is 0.497 e. The van der Waals surface area contributed by atoms with Gasteiger partial charge >= 0.3 is 11.9 Å². The highest BCUT2D eigenvalue weighted by molar-refractivity contribution is 5.76. The van der Waals surface area contributed by atoms with Gasteiger partial charge in [0.25, 0.3) is 0 Å². The second kappa shape index (κ2) is 26.4. The standard InChI is InChI=1S/C64H92O8/c1-46(2)19-18-20-47(3)57-34-35-58-56-33-28-51-45-55(38-41-62(51,4)59(56)39-42-63(57,58)5)70-43-17-12-10-8-9-11-16-23-54(72-61(67)37-36-60(65)66)40-44-71-64(48-21-14-13-15-22-48,49-24-29-52(68-6)30-25-49)50-26-31-53(69-7)32-27-50/h13-15,21-22,24-32,46-47,54-59H,8-12,16-20,23,33-45H2,1-7H3,(H,65,66)/t47-,54?,55?,56?,57-,58?,59?,62+,63-/m1/s1. The zero-order chi connectivity index (χ0) is 51.1. The molecule has 3 aromatic rings. The van der Waals surface area contributed by atoms with Gasteiger partial charge in [-0.2, -0.15) is 0 Å². The van der Waals surface area contributed by atoms with Crippen LogP contribution in [0.2, 0.25) is 0 Å². The number of allylic oxidation sites excluding steroid dienone is 1. The van der Waals surface area contributed by atoms with Gasteiger partial charge in [0, 0.05) is 13.0 Å². The molecule has 0 aromatic heterocycles. The van der Waals surface area contributed by atoms with Crippen molar-refractivity contribution in [3.05, 3.63) is 107 Å². The molecule has 1 N–H and O–H groups in total. The molecule has 8 heteroatoms. The van der Waals surface area contributed by atoms with Gasteiger partial charge in [-0.1, -0.05) is 152 Å². The second-order valence-electron chi connectivity index (χ2n) is 23.4. The highest BCUT2D eigenvalue weighted by Crippen LogP contribution is 2.67. The van der Waals surface area contributed by atoms with Crippen molar-refractivity contribution in [1.82, 2.24) is 0 Å². The van der Waals surface area contributed by atoms with Crippen molar-refractivity contribution in [2.24, 2.45) is 46.3 Å². The summed E-state index contributed by atoms with van der Waals surface area (Å²) in [5, 5.41) is 9.26. The van der Waals surface area contributed by atoms with Crippen molar-refractivity contribution < 1.29 is 38.4 Å². The Labute approximate surface area is 434 Å². The van der Waals surface area contributed by atoms with Crippen LogP contribution in [-0.2, 0) is 29.4 Å². The first-order valence-corrected chi connectivity index (χ1v) is 28.5. The van der Waals surface area contributed by atoms with Gasteiger partial charge in [0.05, 0.1) is 39.8 Å². The SMILES string of the molecule is COc1ccc(C(OCCC(CCCCCCCCCOC2CC[C@@]3(C)C(=CCC4C3CC[C@@]3(C)C4CC[C@@H]3[C@H](C)CCCC(C)C)C2)OC(=O)CCC(=O)O)(c2ccccc2)c2ccc(OC)cc2)cc1.